The second-order valence-corrected chi connectivity index (χ2v) is 7.66. The van der Waals surface area contributed by atoms with Crippen LogP contribution in [0.4, 0.5) is 5.69 Å². The van der Waals surface area contributed by atoms with E-state index in [4.69, 9.17) is 5.73 Å². The van der Waals surface area contributed by atoms with Crippen LogP contribution in [0.1, 0.15) is 48.0 Å². The van der Waals surface area contributed by atoms with E-state index >= 15 is 0 Å². The first kappa shape index (κ1) is 19.8. The average molecular weight is 364 g/mol. The summed E-state index contributed by atoms with van der Waals surface area (Å²) >= 11 is 1.89. The molecule has 1 fully saturated rings. The molecule has 25 heavy (non-hydrogen) atoms. The molecule has 1 aliphatic rings. The van der Waals surface area contributed by atoms with Gasteiger partial charge in [0.2, 0.25) is 5.91 Å². The minimum Gasteiger partial charge on any atom is -0.337 e. The highest BCUT2D eigenvalue weighted by Crippen LogP contribution is 2.20. The summed E-state index contributed by atoms with van der Waals surface area (Å²) in [5.41, 5.74) is 7.88. The Morgan fingerprint density at radius 1 is 1.16 bits per heavy atom. The van der Waals surface area contributed by atoms with E-state index in [2.05, 4.69) is 5.32 Å². The number of benzene rings is 1. The predicted octanol–water partition coefficient (Wildman–Crippen LogP) is 3.03. The van der Waals surface area contributed by atoms with E-state index in [1.807, 2.05) is 41.8 Å². The van der Waals surface area contributed by atoms with Crippen LogP contribution in [0.25, 0.3) is 0 Å². The molecular weight excluding hydrogens is 334 g/mol. The Kier molecular flexibility index (Phi) is 8.28. The zero-order chi connectivity index (χ0) is 18.1. The van der Waals surface area contributed by atoms with Gasteiger partial charge < -0.3 is 16.0 Å². The number of hydrogen-bond acceptors (Lipinski definition) is 4. The second kappa shape index (κ2) is 10.5. The summed E-state index contributed by atoms with van der Waals surface area (Å²) in [5, 5.41) is 2.95. The number of nitrogens with two attached hydrogens (primary N) is 1. The van der Waals surface area contributed by atoms with Crippen molar-refractivity contribution >= 4 is 29.3 Å². The molecule has 0 atom stereocenters. The molecule has 0 saturated carbocycles. The van der Waals surface area contributed by atoms with E-state index in [0.29, 0.717) is 18.5 Å². The van der Waals surface area contributed by atoms with Crippen molar-refractivity contribution in [2.75, 3.05) is 36.5 Å². The highest BCUT2D eigenvalue weighted by atomic mass is 32.2. The molecule has 2 rings (SSSR count). The number of anilines is 1. The monoisotopic (exact) mass is 363 g/mol. The van der Waals surface area contributed by atoms with E-state index in [9.17, 15) is 9.59 Å². The van der Waals surface area contributed by atoms with Crippen molar-refractivity contribution in [3.8, 4) is 0 Å². The molecule has 0 radical (unpaired) electrons. The van der Waals surface area contributed by atoms with E-state index in [1.165, 1.54) is 0 Å². The Morgan fingerprint density at radius 2 is 1.88 bits per heavy atom. The van der Waals surface area contributed by atoms with Crippen molar-refractivity contribution in [3.63, 3.8) is 0 Å². The van der Waals surface area contributed by atoms with Crippen LogP contribution >= 0.6 is 11.8 Å². The normalized spacial score (nSPS) is 14.4. The Balaban J connectivity index is 1.86. The number of nitrogens with zero attached hydrogens (tertiary/aromatic N) is 1. The quantitative estimate of drug-likeness (QED) is 0.696. The van der Waals surface area contributed by atoms with Crippen molar-refractivity contribution in [2.24, 2.45) is 5.73 Å². The maximum atomic E-state index is 12.5. The summed E-state index contributed by atoms with van der Waals surface area (Å²) < 4.78 is 0. The molecule has 2 amide bonds. The molecular formula is C19H29N3O2S. The van der Waals surface area contributed by atoms with E-state index in [-0.39, 0.29) is 11.8 Å². The van der Waals surface area contributed by atoms with Gasteiger partial charge in [-0.15, -0.1) is 0 Å². The molecule has 1 aromatic rings. The van der Waals surface area contributed by atoms with Gasteiger partial charge in [0.05, 0.1) is 0 Å². The third kappa shape index (κ3) is 6.36. The minimum atomic E-state index is 0.0305. The van der Waals surface area contributed by atoms with Gasteiger partial charge in [0.1, 0.15) is 0 Å². The van der Waals surface area contributed by atoms with Crippen LogP contribution in [0.3, 0.4) is 0 Å². The lowest BCUT2D eigenvalue weighted by Gasteiger charge is -2.26. The molecule has 1 heterocycles. The second-order valence-electron chi connectivity index (χ2n) is 6.44. The largest absolute Gasteiger partial charge is 0.337 e. The van der Waals surface area contributed by atoms with Crippen LogP contribution < -0.4 is 11.1 Å². The van der Waals surface area contributed by atoms with E-state index in [1.54, 1.807) is 0 Å². The molecule has 5 nitrogen and oxygen atoms in total. The Morgan fingerprint density at radius 3 is 2.56 bits per heavy atom. The lowest BCUT2D eigenvalue weighted by molar-refractivity contribution is -0.116. The Labute approximate surface area is 154 Å². The topological polar surface area (TPSA) is 75.4 Å². The minimum absolute atomic E-state index is 0.0305. The molecule has 0 aliphatic carbocycles. The molecule has 0 bridgehead atoms. The Hall–Kier alpha value is -1.53. The fourth-order valence-corrected chi connectivity index (χ4v) is 3.79. The van der Waals surface area contributed by atoms with Gasteiger partial charge in [-0.2, -0.15) is 11.8 Å². The molecule has 3 N–H and O–H groups in total. The maximum absolute atomic E-state index is 12.5. The van der Waals surface area contributed by atoms with Gasteiger partial charge in [0.25, 0.3) is 5.91 Å². The van der Waals surface area contributed by atoms with Crippen LogP contribution in [-0.2, 0) is 4.79 Å². The SMILES string of the molecule is Cc1cc(C(=O)N2CCSCC2)ccc1NC(=O)CCCCCCN. The van der Waals surface area contributed by atoms with Gasteiger partial charge in [0, 0.05) is 42.3 Å². The van der Waals surface area contributed by atoms with Crippen molar-refractivity contribution in [1.82, 2.24) is 4.90 Å². The number of rotatable bonds is 8. The van der Waals surface area contributed by atoms with Gasteiger partial charge in [0.15, 0.2) is 0 Å². The van der Waals surface area contributed by atoms with E-state index < -0.39 is 0 Å². The van der Waals surface area contributed by atoms with Crippen molar-refractivity contribution in [2.45, 2.75) is 39.0 Å². The van der Waals surface area contributed by atoms with Gasteiger partial charge in [-0.1, -0.05) is 12.8 Å². The number of carbonyl (C=O) groups excluding carboxylic acids is 2. The molecule has 138 valence electrons. The third-order valence-corrected chi connectivity index (χ3v) is 5.35. The number of unbranched alkanes of at least 4 members (excludes halogenated alkanes) is 3. The first-order chi connectivity index (χ1) is 12.1. The van der Waals surface area contributed by atoms with Crippen molar-refractivity contribution in [1.29, 1.82) is 0 Å². The highest BCUT2D eigenvalue weighted by molar-refractivity contribution is 7.99. The number of aryl methyl sites for hydroxylation is 1. The predicted molar refractivity (Wildman–Crippen MR) is 105 cm³/mol. The summed E-state index contributed by atoms with van der Waals surface area (Å²) in [5.74, 6) is 2.12. The van der Waals surface area contributed by atoms with Crippen LogP contribution in [0, 0.1) is 6.92 Å². The molecule has 0 unspecified atom stereocenters. The van der Waals surface area contributed by atoms with Crippen LogP contribution in [0.2, 0.25) is 0 Å². The number of hydrogen-bond donors (Lipinski definition) is 2. The van der Waals surface area contributed by atoms with E-state index in [0.717, 1.165) is 61.5 Å². The van der Waals surface area contributed by atoms with Crippen LogP contribution in [0.5, 0.6) is 0 Å². The molecule has 6 heteroatoms. The zero-order valence-corrected chi connectivity index (χ0v) is 15.9. The average Bonchev–Trinajstić information content (AvgIpc) is 2.63. The summed E-state index contributed by atoms with van der Waals surface area (Å²) in [6, 6.07) is 5.53. The zero-order valence-electron chi connectivity index (χ0n) is 15.1. The lowest BCUT2D eigenvalue weighted by atomic mass is 10.1. The first-order valence-electron chi connectivity index (χ1n) is 9.09. The fraction of sp³-hybridized carbons (Fsp3) is 0.579. The standard InChI is InChI=1S/C19H29N3O2S/c1-15-14-16(19(24)22-10-12-25-13-11-22)7-8-17(15)21-18(23)6-4-2-3-5-9-20/h7-8,14H,2-6,9-13,20H2,1H3,(H,21,23). The molecule has 1 aliphatic heterocycles. The first-order valence-corrected chi connectivity index (χ1v) is 10.2. The smallest absolute Gasteiger partial charge is 0.253 e. The number of nitrogens with one attached hydrogen (secondary N) is 1. The number of amides is 2. The Bertz CT molecular complexity index is 586. The third-order valence-electron chi connectivity index (χ3n) is 4.40. The van der Waals surface area contributed by atoms with Crippen molar-refractivity contribution in [3.05, 3.63) is 29.3 Å². The molecule has 0 aromatic heterocycles. The van der Waals surface area contributed by atoms with Crippen molar-refractivity contribution < 1.29 is 9.59 Å². The van der Waals surface area contributed by atoms with Crippen LogP contribution in [0.15, 0.2) is 18.2 Å². The fourth-order valence-electron chi connectivity index (χ4n) is 2.88. The van der Waals surface area contributed by atoms with Gasteiger partial charge >= 0.3 is 0 Å². The number of carbonyl (C=O) groups is 2. The highest BCUT2D eigenvalue weighted by Gasteiger charge is 2.19. The van der Waals surface area contributed by atoms with Gasteiger partial charge in [-0.25, -0.2) is 0 Å². The molecule has 1 saturated heterocycles. The summed E-state index contributed by atoms with van der Waals surface area (Å²) in [6.45, 7) is 4.27. The van der Waals surface area contributed by atoms with Crippen LogP contribution in [-0.4, -0.2) is 47.9 Å². The summed E-state index contributed by atoms with van der Waals surface area (Å²) in [7, 11) is 0. The molecule has 0 spiro atoms. The van der Waals surface area contributed by atoms with Gasteiger partial charge in [-0.05, 0) is 50.1 Å². The lowest BCUT2D eigenvalue weighted by Crippen LogP contribution is -2.37. The summed E-state index contributed by atoms with van der Waals surface area (Å²) in [6.07, 6.45) is 4.54. The number of thioether (sulfide) groups is 1. The van der Waals surface area contributed by atoms with Gasteiger partial charge in [-0.3, -0.25) is 9.59 Å². The summed E-state index contributed by atoms with van der Waals surface area (Å²) in [4.78, 5) is 26.5. The molecule has 1 aromatic carbocycles. The maximum Gasteiger partial charge on any atom is 0.253 e.